The zero-order valence-corrected chi connectivity index (χ0v) is 11.4. The fourth-order valence-corrected chi connectivity index (χ4v) is 1.83. The van der Waals surface area contributed by atoms with Crippen molar-refractivity contribution in [1.29, 1.82) is 0 Å². The summed E-state index contributed by atoms with van der Waals surface area (Å²) in [6.45, 7) is 1.44. The maximum Gasteiger partial charge on any atom is 0.418 e. The lowest BCUT2D eigenvalue weighted by Gasteiger charge is -2.12. The minimum absolute atomic E-state index is 0.0944. The van der Waals surface area contributed by atoms with Crippen molar-refractivity contribution in [1.82, 2.24) is 0 Å². The smallest absolute Gasteiger partial charge is 0.418 e. The van der Waals surface area contributed by atoms with E-state index in [1.54, 1.807) is 0 Å². The predicted molar refractivity (Wildman–Crippen MR) is 75.3 cm³/mol. The molecule has 2 rings (SSSR count). The van der Waals surface area contributed by atoms with Gasteiger partial charge in [-0.25, -0.2) is 4.39 Å². The van der Waals surface area contributed by atoms with Gasteiger partial charge in [-0.1, -0.05) is 12.1 Å². The largest absolute Gasteiger partial charge is 0.507 e. The summed E-state index contributed by atoms with van der Waals surface area (Å²) in [5.41, 5.74) is 1.44. The van der Waals surface area contributed by atoms with Crippen molar-refractivity contribution in [2.24, 2.45) is 5.10 Å². The monoisotopic (exact) mass is 312 g/mol. The molecular formula is C15H12F4N2O. The Hall–Kier alpha value is -2.57. The van der Waals surface area contributed by atoms with Gasteiger partial charge in [0.1, 0.15) is 11.6 Å². The first-order valence-electron chi connectivity index (χ1n) is 6.24. The van der Waals surface area contributed by atoms with Gasteiger partial charge in [-0.2, -0.15) is 18.3 Å². The highest BCUT2D eigenvalue weighted by Crippen LogP contribution is 2.34. The summed E-state index contributed by atoms with van der Waals surface area (Å²) in [6, 6.07) is 8.11. The molecule has 0 aliphatic heterocycles. The van der Waals surface area contributed by atoms with Crippen molar-refractivity contribution in [3.05, 3.63) is 59.4 Å². The molecule has 3 nitrogen and oxygen atoms in total. The molecule has 2 aromatic carbocycles. The number of nitrogens with one attached hydrogen (secondary N) is 1. The van der Waals surface area contributed by atoms with Crippen LogP contribution in [0, 0.1) is 5.82 Å². The summed E-state index contributed by atoms with van der Waals surface area (Å²) in [5, 5.41) is 13.4. The summed E-state index contributed by atoms with van der Waals surface area (Å²) < 4.78 is 51.7. The number of para-hydroxylation sites is 1. The molecule has 0 saturated carbocycles. The Bertz CT molecular complexity index is 711. The molecular weight excluding hydrogens is 300 g/mol. The average Bonchev–Trinajstić information content (AvgIpc) is 2.46. The van der Waals surface area contributed by atoms with Gasteiger partial charge in [0.25, 0.3) is 0 Å². The van der Waals surface area contributed by atoms with Crippen LogP contribution in [0.2, 0.25) is 0 Å². The van der Waals surface area contributed by atoms with Crippen LogP contribution in [-0.4, -0.2) is 10.8 Å². The van der Waals surface area contributed by atoms with Gasteiger partial charge in [-0.05, 0) is 37.3 Å². The number of phenolic OH excluding ortho intramolecular Hbond substituents is 1. The predicted octanol–water partition coefficient (Wildman–Crippen LogP) is 4.39. The number of rotatable bonds is 3. The SMILES string of the molecule is C/C(=N\Nc1ccccc1C(F)(F)F)c1cc(F)ccc1O. The molecule has 7 heteroatoms. The molecule has 2 N–H and O–H groups in total. The van der Waals surface area contributed by atoms with Crippen LogP contribution < -0.4 is 5.43 Å². The van der Waals surface area contributed by atoms with E-state index < -0.39 is 17.6 Å². The molecule has 0 amide bonds. The number of benzene rings is 2. The first kappa shape index (κ1) is 15.8. The summed E-state index contributed by atoms with van der Waals surface area (Å²) in [7, 11) is 0. The summed E-state index contributed by atoms with van der Waals surface area (Å²) in [4.78, 5) is 0. The van der Waals surface area contributed by atoms with Crippen LogP contribution in [-0.2, 0) is 6.18 Å². The van der Waals surface area contributed by atoms with Gasteiger partial charge in [-0.15, -0.1) is 0 Å². The second kappa shape index (κ2) is 6.05. The zero-order chi connectivity index (χ0) is 16.3. The quantitative estimate of drug-likeness (QED) is 0.502. The average molecular weight is 312 g/mol. The fourth-order valence-electron chi connectivity index (χ4n) is 1.83. The van der Waals surface area contributed by atoms with Crippen molar-refractivity contribution in [2.75, 3.05) is 5.43 Å². The highest BCUT2D eigenvalue weighted by atomic mass is 19.4. The van der Waals surface area contributed by atoms with Crippen LogP contribution in [0.15, 0.2) is 47.6 Å². The second-order valence-corrected chi connectivity index (χ2v) is 4.51. The van der Waals surface area contributed by atoms with Gasteiger partial charge in [0.15, 0.2) is 0 Å². The lowest BCUT2D eigenvalue weighted by atomic mass is 10.1. The van der Waals surface area contributed by atoms with Crippen molar-refractivity contribution < 1.29 is 22.7 Å². The number of nitrogens with zero attached hydrogens (tertiary/aromatic N) is 1. The van der Waals surface area contributed by atoms with Crippen molar-refractivity contribution in [3.63, 3.8) is 0 Å². The third-order valence-electron chi connectivity index (χ3n) is 2.92. The van der Waals surface area contributed by atoms with Gasteiger partial charge >= 0.3 is 6.18 Å². The number of hydrogen-bond acceptors (Lipinski definition) is 3. The van der Waals surface area contributed by atoms with E-state index in [0.717, 1.165) is 24.3 Å². The maximum absolute atomic E-state index is 13.2. The number of anilines is 1. The Morgan fingerprint density at radius 3 is 2.50 bits per heavy atom. The third-order valence-corrected chi connectivity index (χ3v) is 2.92. The molecule has 2 aromatic rings. The molecule has 0 saturated heterocycles. The van der Waals surface area contributed by atoms with Crippen molar-refractivity contribution >= 4 is 11.4 Å². The second-order valence-electron chi connectivity index (χ2n) is 4.51. The van der Waals surface area contributed by atoms with Gasteiger partial charge < -0.3 is 5.11 Å². The Morgan fingerprint density at radius 1 is 1.14 bits per heavy atom. The molecule has 0 fully saturated rings. The first-order valence-corrected chi connectivity index (χ1v) is 6.24. The van der Waals surface area contributed by atoms with Gasteiger partial charge in [0.2, 0.25) is 0 Å². The number of alkyl halides is 3. The fraction of sp³-hybridized carbons (Fsp3) is 0.133. The topological polar surface area (TPSA) is 44.6 Å². The lowest BCUT2D eigenvalue weighted by Crippen LogP contribution is -2.09. The number of phenols is 1. The number of hydrazone groups is 1. The van der Waals surface area contributed by atoms with Crippen LogP contribution in [0.4, 0.5) is 23.2 Å². The van der Waals surface area contributed by atoms with Crippen LogP contribution in [0.3, 0.4) is 0 Å². The molecule has 22 heavy (non-hydrogen) atoms. The van der Waals surface area contributed by atoms with E-state index >= 15 is 0 Å². The Kier molecular flexibility index (Phi) is 4.35. The molecule has 0 unspecified atom stereocenters. The highest BCUT2D eigenvalue weighted by Gasteiger charge is 2.33. The highest BCUT2D eigenvalue weighted by molar-refractivity contribution is 6.01. The van der Waals surface area contributed by atoms with Gasteiger partial charge in [0.05, 0.1) is 17.0 Å². The van der Waals surface area contributed by atoms with E-state index in [2.05, 4.69) is 10.5 Å². The molecule has 0 heterocycles. The first-order chi connectivity index (χ1) is 10.3. The normalized spacial score (nSPS) is 12.3. The molecule has 0 aromatic heterocycles. The number of halogens is 4. The minimum atomic E-state index is -4.52. The van der Waals surface area contributed by atoms with Crippen LogP contribution >= 0.6 is 0 Å². The summed E-state index contributed by atoms with van der Waals surface area (Å²) >= 11 is 0. The Morgan fingerprint density at radius 2 is 1.82 bits per heavy atom. The number of aromatic hydroxyl groups is 1. The van der Waals surface area contributed by atoms with E-state index in [4.69, 9.17) is 0 Å². The van der Waals surface area contributed by atoms with Crippen LogP contribution in [0.5, 0.6) is 5.75 Å². The van der Waals surface area contributed by atoms with E-state index in [0.29, 0.717) is 0 Å². The van der Waals surface area contributed by atoms with Crippen LogP contribution in [0.25, 0.3) is 0 Å². The van der Waals surface area contributed by atoms with Crippen LogP contribution in [0.1, 0.15) is 18.1 Å². The summed E-state index contributed by atoms with van der Waals surface area (Å²) in [5.74, 6) is -0.799. The minimum Gasteiger partial charge on any atom is -0.507 e. The van der Waals surface area contributed by atoms with Crippen molar-refractivity contribution in [3.8, 4) is 5.75 Å². The third kappa shape index (κ3) is 3.55. The Balaban J connectivity index is 2.31. The maximum atomic E-state index is 13.2. The van der Waals surface area contributed by atoms with Gasteiger partial charge in [-0.3, -0.25) is 5.43 Å². The molecule has 0 spiro atoms. The Labute approximate surface area is 123 Å². The number of hydrogen-bond donors (Lipinski definition) is 2. The van der Waals surface area contributed by atoms with E-state index in [1.807, 2.05) is 0 Å². The van der Waals surface area contributed by atoms with E-state index in [9.17, 15) is 22.7 Å². The molecule has 0 aliphatic rings. The van der Waals surface area contributed by atoms with Gasteiger partial charge in [0, 0.05) is 5.56 Å². The molecule has 0 aliphatic carbocycles. The summed E-state index contributed by atoms with van der Waals surface area (Å²) in [6.07, 6.45) is -4.52. The lowest BCUT2D eigenvalue weighted by molar-refractivity contribution is -0.136. The molecule has 116 valence electrons. The molecule has 0 atom stereocenters. The van der Waals surface area contributed by atoms with E-state index in [1.165, 1.54) is 25.1 Å². The standard InChI is InChI=1S/C15H12F4N2O/c1-9(11-8-10(16)6-7-14(11)22)20-21-13-5-3-2-4-12(13)15(17,18)19/h2-8,21-22H,1H3/b20-9+. The van der Waals surface area contributed by atoms with Crippen molar-refractivity contribution in [2.45, 2.75) is 13.1 Å². The molecule has 0 radical (unpaired) electrons. The van der Waals surface area contributed by atoms with E-state index in [-0.39, 0.29) is 22.7 Å². The zero-order valence-electron chi connectivity index (χ0n) is 11.4. The molecule has 0 bridgehead atoms.